The lowest BCUT2D eigenvalue weighted by molar-refractivity contribution is 0.310. The number of hydrogen-bond donors (Lipinski definition) is 0. The van der Waals surface area contributed by atoms with Crippen molar-refractivity contribution in [1.29, 1.82) is 1.28 Å². The summed E-state index contributed by atoms with van der Waals surface area (Å²) in [5, 5.41) is 19.7. The normalized spacial score (nSPS) is 11.3. The van der Waals surface area contributed by atoms with Gasteiger partial charge in [0.2, 0.25) is 11.8 Å². The summed E-state index contributed by atoms with van der Waals surface area (Å²) in [6.07, 6.45) is 0. The molecule has 1 unspecified atom stereocenters. The number of aryl methyl sites for hydroxylation is 2. The van der Waals surface area contributed by atoms with E-state index in [2.05, 4.69) is 208 Å². The van der Waals surface area contributed by atoms with Crippen LogP contribution < -0.4 is 11.4 Å². The lowest BCUT2D eigenvalue weighted by atomic mass is 9.86. The Labute approximate surface area is 595 Å². The summed E-state index contributed by atoms with van der Waals surface area (Å²) < 4.78 is 33.4. The van der Waals surface area contributed by atoms with Crippen LogP contribution in [0.1, 0.15) is 64.1 Å². The molecule has 14 heteroatoms. The molecule has 490 valence electrons. The van der Waals surface area contributed by atoms with Crippen molar-refractivity contribution in [1.82, 2.24) is 34.9 Å². The molecule has 0 fully saturated rings. The van der Waals surface area contributed by atoms with Crippen LogP contribution in [0.2, 0.25) is 0 Å². The summed E-state index contributed by atoms with van der Waals surface area (Å²) in [7, 11) is 4.38. The Hall–Kier alpha value is -11.1. The van der Waals surface area contributed by atoms with Crippen LogP contribution in [0.15, 0.2) is 308 Å². The van der Waals surface area contributed by atoms with Crippen LogP contribution in [-0.4, -0.2) is 58.9 Å². The molecule has 11 aromatic carbocycles. The average Bonchev–Trinajstić information content (AvgIpc) is 1.68. The van der Waals surface area contributed by atoms with Crippen LogP contribution in [0.5, 0.6) is 17.2 Å². The number of hydrogen-bond acceptors (Lipinski definition) is 10. The fraction of sp³-hybridized carbons (Fsp3) is 0.116. The van der Waals surface area contributed by atoms with Gasteiger partial charge in [0.05, 0.1) is 13.3 Å². The molecule has 11 nitrogen and oxygen atoms in total. The maximum atomic E-state index is 6.49. The maximum absolute atomic E-state index is 6.49. The van der Waals surface area contributed by atoms with Crippen molar-refractivity contribution in [2.75, 3.05) is 0 Å². The van der Waals surface area contributed by atoms with E-state index >= 15 is 0 Å². The Kier molecular flexibility index (Phi) is 21.4. The van der Waals surface area contributed by atoms with E-state index in [4.69, 9.17) is 27.0 Å². The zero-order valence-electron chi connectivity index (χ0n) is 58.3. The number of pyridine rings is 2. The highest BCUT2D eigenvalue weighted by molar-refractivity contribution is 7.49. The number of para-hydroxylation sites is 3. The molecule has 0 amide bonds. The molecule has 4 heterocycles. The summed E-state index contributed by atoms with van der Waals surface area (Å²) in [5.41, 5.74) is 18.2. The Morgan fingerprint density at radius 2 is 0.690 bits per heavy atom. The third kappa shape index (κ3) is 16.9. The molecular weight excluding hydrogens is 1260 g/mol. The molecular formula is C86H76AlBN7O4P. The molecule has 0 saturated carbocycles. The molecule has 4 aromatic heterocycles. The van der Waals surface area contributed by atoms with Gasteiger partial charge < -0.3 is 15.8 Å². The SMILES string of the molecule is CC(C)(C)c1ccc(-c2nnc(-c3ccc(-c4ccccc4)cc3)n2-c2ccccc2)cc1.CC(C)(C)c1ccc(-c2nnc(-c3ccc(-c4ccccc4)cc3)o2)cc1.Cc1ccc2cccc([O][Al]([O]c3ccc(-c4ccccc4)cc3)[O]c3cccc4ccc(C)nc34)c2n1.[2H]P[B]. The van der Waals surface area contributed by atoms with Crippen molar-refractivity contribution in [2.45, 2.75) is 66.2 Å². The highest BCUT2D eigenvalue weighted by Gasteiger charge is 2.45. The smallest absolute Gasteiger partial charge is 0.577 e. The van der Waals surface area contributed by atoms with E-state index < -0.39 is 15.1 Å². The van der Waals surface area contributed by atoms with Crippen molar-refractivity contribution in [3.63, 3.8) is 0 Å². The van der Waals surface area contributed by atoms with Crippen molar-refractivity contribution >= 4 is 53.6 Å². The van der Waals surface area contributed by atoms with E-state index in [0.29, 0.717) is 29.0 Å². The predicted molar refractivity (Wildman–Crippen MR) is 414 cm³/mol. The molecule has 0 saturated heterocycles. The van der Waals surface area contributed by atoms with Gasteiger partial charge in [-0.15, -0.1) is 20.4 Å². The zero-order valence-corrected chi connectivity index (χ0v) is 59.4. The largest absolute Gasteiger partial charge is 1.20 e. The molecule has 0 aliphatic heterocycles. The van der Waals surface area contributed by atoms with Crippen LogP contribution in [-0.2, 0) is 10.8 Å². The van der Waals surface area contributed by atoms with E-state index in [1.807, 2.05) is 184 Å². The first kappa shape index (κ1) is 67.5. The van der Waals surface area contributed by atoms with Gasteiger partial charge in [-0.3, -0.25) is 4.57 Å². The topological polar surface area (TPSA) is 123 Å². The molecule has 0 N–H and O–H groups in total. The summed E-state index contributed by atoms with van der Waals surface area (Å²) >= 11 is -2.83. The quantitative estimate of drug-likeness (QED) is 0.0768. The first-order valence-corrected chi connectivity index (χ1v) is 35.2. The van der Waals surface area contributed by atoms with Gasteiger partial charge in [0.1, 0.15) is 22.5 Å². The predicted octanol–water partition coefficient (Wildman–Crippen LogP) is 21.5. The molecule has 0 bridgehead atoms. The van der Waals surface area contributed by atoms with Gasteiger partial charge in [0.25, 0.3) is 0 Å². The molecule has 15 aromatic rings. The van der Waals surface area contributed by atoms with Gasteiger partial charge in [0, 0.05) is 51.4 Å². The van der Waals surface area contributed by atoms with E-state index in [1.54, 1.807) is 0 Å². The second-order valence-electron chi connectivity index (χ2n) is 26.1. The lowest BCUT2D eigenvalue weighted by Crippen LogP contribution is -2.37. The van der Waals surface area contributed by atoms with Crippen molar-refractivity contribution in [2.24, 2.45) is 0 Å². The molecule has 15 rings (SSSR count). The van der Waals surface area contributed by atoms with E-state index in [0.717, 1.165) is 89.5 Å². The minimum Gasteiger partial charge on any atom is -0.577 e. The molecule has 0 aliphatic carbocycles. The molecule has 100 heavy (non-hydrogen) atoms. The number of aromatic nitrogens is 7. The highest BCUT2D eigenvalue weighted by Crippen LogP contribution is 2.35. The third-order valence-electron chi connectivity index (χ3n) is 16.9. The van der Waals surface area contributed by atoms with Crippen LogP contribution in [0.4, 0.5) is 0 Å². The Balaban J connectivity index is 0.000000142. The van der Waals surface area contributed by atoms with E-state index in [-0.39, 0.29) is 19.9 Å². The second-order valence-corrected chi connectivity index (χ2v) is 27.4. The minimum absolute atomic E-state index is 0.108. The summed E-state index contributed by atoms with van der Waals surface area (Å²) in [5.74, 6) is 4.68. The van der Waals surface area contributed by atoms with Gasteiger partial charge in [-0.2, -0.15) is 9.06 Å². The van der Waals surface area contributed by atoms with Crippen LogP contribution >= 0.6 is 9.06 Å². The second kappa shape index (κ2) is 31.6. The third-order valence-corrected chi connectivity index (χ3v) is 18.2. The van der Waals surface area contributed by atoms with Gasteiger partial charge in [-0.1, -0.05) is 272 Å². The number of rotatable bonds is 14. The van der Waals surface area contributed by atoms with Crippen molar-refractivity contribution < 1.29 is 15.8 Å². The fourth-order valence-electron chi connectivity index (χ4n) is 11.4. The molecule has 0 spiro atoms. The number of benzene rings is 11. The zero-order chi connectivity index (χ0) is 70.3. The van der Waals surface area contributed by atoms with Gasteiger partial charge in [-0.25, -0.2) is 9.97 Å². The van der Waals surface area contributed by atoms with Gasteiger partial charge in [0.15, 0.2) is 11.6 Å². The Morgan fingerprint density at radius 3 is 1.08 bits per heavy atom. The Bertz CT molecular complexity index is 5070. The minimum atomic E-state index is -2.83. The van der Waals surface area contributed by atoms with E-state index in [1.165, 1.54) is 27.8 Å². The van der Waals surface area contributed by atoms with Crippen LogP contribution in [0, 0.1) is 13.8 Å². The summed E-state index contributed by atoms with van der Waals surface area (Å²) in [4.78, 5) is 9.45. The highest BCUT2D eigenvalue weighted by atomic mass is 31.0. The lowest BCUT2D eigenvalue weighted by Gasteiger charge is -2.19. The van der Waals surface area contributed by atoms with Gasteiger partial charge >= 0.3 is 15.1 Å². The van der Waals surface area contributed by atoms with Gasteiger partial charge in [-0.05, 0) is 142 Å². The summed E-state index contributed by atoms with van der Waals surface area (Å²) in [6, 6.07) is 103. The van der Waals surface area contributed by atoms with Crippen molar-refractivity contribution in [3.05, 3.63) is 326 Å². The van der Waals surface area contributed by atoms with Crippen molar-refractivity contribution in [3.8, 4) is 102 Å². The monoisotopic (exact) mass is 1340 g/mol. The number of fused-ring (bicyclic) bond motifs is 2. The first-order valence-electron chi connectivity index (χ1n) is 33.7. The molecule has 1 atom stereocenters. The number of nitrogens with zero attached hydrogens (tertiary/aromatic N) is 7. The van der Waals surface area contributed by atoms with E-state index in [9.17, 15) is 0 Å². The summed E-state index contributed by atoms with van der Waals surface area (Å²) in [6.45, 7) is 17.2. The standard InChI is InChI=1S/C30H27N3.C24H22N2O.C12H10O.2C10H9NO.Al.BH2P/c1-30(2,3)26-20-18-25(19-21-26)29-32-31-28(33(29)27-12-8-5-9-13-27)24-16-14-23(15-17-24)22-10-6-4-7-11-22;1-24(2,3)21-15-13-20(14-16-21)23-26-25-22(27-23)19-11-9-18(10-12-19)17-7-5-4-6-8-17;13-12-8-6-11(7-9-12)10-4-2-1-3-5-10;2*1-7-5-6-8-3-2-4-9(12)10(8)11-7;;1-2/h4-21H,1-3H3;4-16H,1-3H3;1-9,13H;2*2-6,12H,1H3;;2H2/q;;;;;+3;/p-3/i;;;;;;2D. The Morgan fingerprint density at radius 1 is 0.360 bits per heavy atom. The fourth-order valence-corrected chi connectivity index (χ4v) is 12.7. The van der Waals surface area contributed by atoms with Crippen LogP contribution in [0.3, 0.4) is 0 Å². The maximum Gasteiger partial charge on any atom is 1.20 e. The average molecular weight is 1340 g/mol. The van der Waals surface area contributed by atoms with Crippen LogP contribution in [0.25, 0.3) is 107 Å². The molecule has 2 radical (unpaired) electrons. The molecule has 0 aliphatic rings. The first-order chi connectivity index (χ1) is 49.0.